The predicted octanol–water partition coefficient (Wildman–Crippen LogP) is 3.35. The fourth-order valence-corrected chi connectivity index (χ4v) is 2.14. The van der Waals surface area contributed by atoms with Gasteiger partial charge in [0.25, 0.3) is 0 Å². The number of hydrogen-bond acceptors (Lipinski definition) is 2. The highest BCUT2D eigenvalue weighted by atomic mass is 15.1. The summed E-state index contributed by atoms with van der Waals surface area (Å²) in [5.74, 6) is 0. The number of aromatic amines is 1. The molecule has 1 aromatic carbocycles. The van der Waals surface area contributed by atoms with E-state index in [0.29, 0.717) is 0 Å². The van der Waals surface area contributed by atoms with Gasteiger partial charge in [0.15, 0.2) is 0 Å². The number of H-pyrrole nitrogens is 1. The third-order valence-corrected chi connectivity index (χ3v) is 3.51. The standard InChI is InChI=1S/C14H19N3/c1-8-6-7-12(10(3)9(8)2)14-13(15-5)11(4)16-17-14/h6-7,15H,1-5H3,(H,16,17). The van der Waals surface area contributed by atoms with Gasteiger partial charge in [-0.25, -0.2) is 0 Å². The molecule has 0 radical (unpaired) electrons. The van der Waals surface area contributed by atoms with Gasteiger partial charge in [0.1, 0.15) is 5.69 Å². The molecule has 0 fully saturated rings. The van der Waals surface area contributed by atoms with E-state index in [1.807, 2.05) is 14.0 Å². The minimum Gasteiger partial charge on any atom is -0.385 e. The summed E-state index contributed by atoms with van der Waals surface area (Å²) in [6, 6.07) is 4.30. The molecule has 0 aliphatic heterocycles. The summed E-state index contributed by atoms with van der Waals surface area (Å²) in [5, 5.41) is 10.6. The van der Waals surface area contributed by atoms with Crippen molar-refractivity contribution in [2.45, 2.75) is 27.7 Å². The summed E-state index contributed by atoms with van der Waals surface area (Å²) in [6.45, 7) is 8.48. The first-order valence-electron chi connectivity index (χ1n) is 5.86. The van der Waals surface area contributed by atoms with Crippen LogP contribution in [-0.2, 0) is 0 Å². The Bertz CT molecular complexity index is 553. The van der Waals surface area contributed by atoms with Crippen molar-refractivity contribution in [3.8, 4) is 11.3 Å². The molecule has 0 amide bonds. The average Bonchev–Trinajstić information content (AvgIpc) is 2.67. The highest BCUT2D eigenvalue weighted by Crippen LogP contribution is 2.32. The summed E-state index contributed by atoms with van der Waals surface area (Å²) >= 11 is 0. The quantitative estimate of drug-likeness (QED) is 0.829. The maximum Gasteiger partial charge on any atom is 0.116 e. The van der Waals surface area contributed by atoms with Crippen LogP contribution in [0.25, 0.3) is 11.3 Å². The topological polar surface area (TPSA) is 40.7 Å². The van der Waals surface area contributed by atoms with Crippen LogP contribution in [0.3, 0.4) is 0 Å². The van der Waals surface area contributed by atoms with Gasteiger partial charge in [-0.05, 0) is 44.4 Å². The predicted molar refractivity (Wildman–Crippen MR) is 72.5 cm³/mol. The molecule has 2 aromatic rings. The van der Waals surface area contributed by atoms with Gasteiger partial charge >= 0.3 is 0 Å². The van der Waals surface area contributed by atoms with Crippen LogP contribution in [0.2, 0.25) is 0 Å². The number of benzene rings is 1. The van der Waals surface area contributed by atoms with Crippen LogP contribution in [-0.4, -0.2) is 17.2 Å². The smallest absolute Gasteiger partial charge is 0.116 e. The van der Waals surface area contributed by atoms with Gasteiger partial charge in [0.05, 0.1) is 11.4 Å². The zero-order chi connectivity index (χ0) is 12.6. The second-order valence-electron chi connectivity index (χ2n) is 4.50. The molecule has 0 unspecified atom stereocenters. The lowest BCUT2D eigenvalue weighted by Gasteiger charge is -2.11. The molecule has 17 heavy (non-hydrogen) atoms. The van der Waals surface area contributed by atoms with Gasteiger partial charge in [-0.3, -0.25) is 5.10 Å². The monoisotopic (exact) mass is 229 g/mol. The van der Waals surface area contributed by atoms with Gasteiger partial charge < -0.3 is 5.32 Å². The van der Waals surface area contributed by atoms with Crippen molar-refractivity contribution >= 4 is 5.69 Å². The van der Waals surface area contributed by atoms with Gasteiger partial charge in [0.2, 0.25) is 0 Å². The highest BCUT2D eigenvalue weighted by Gasteiger charge is 2.14. The van der Waals surface area contributed by atoms with Crippen LogP contribution in [0.1, 0.15) is 22.4 Å². The van der Waals surface area contributed by atoms with Crippen LogP contribution in [0.5, 0.6) is 0 Å². The molecule has 90 valence electrons. The Labute approximate surface area is 102 Å². The molecule has 0 atom stereocenters. The lowest BCUT2D eigenvalue weighted by Crippen LogP contribution is -1.95. The van der Waals surface area contributed by atoms with Crippen LogP contribution >= 0.6 is 0 Å². The van der Waals surface area contributed by atoms with Crippen molar-refractivity contribution in [2.24, 2.45) is 0 Å². The Kier molecular flexibility index (Phi) is 2.92. The lowest BCUT2D eigenvalue weighted by atomic mass is 9.96. The number of rotatable bonds is 2. The Balaban J connectivity index is 2.65. The lowest BCUT2D eigenvalue weighted by molar-refractivity contribution is 1.05. The van der Waals surface area contributed by atoms with Crippen LogP contribution in [0, 0.1) is 27.7 Å². The first-order chi connectivity index (χ1) is 8.06. The SMILES string of the molecule is CNc1c(-c2ccc(C)c(C)c2C)n[nH]c1C. The molecule has 0 spiro atoms. The largest absolute Gasteiger partial charge is 0.385 e. The zero-order valence-electron chi connectivity index (χ0n) is 11.1. The molecule has 1 heterocycles. The molecule has 0 saturated heterocycles. The molecule has 0 aliphatic carbocycles. The van der Waals surface area contributed by atoms with E-state index in [1.54, 1.807) is 0 Å². The third kappa shape index (κ3) is 1.82. The summed E-state index contributed by atoms with van der Waals surface area (Å²) in [5.41, 5.74) is 8.31. The fourth-order valence-electron chi connectivity index (χ4n) is 2.14. The fraction of sp³-hybridized carbons (Fsp3) is 0.357. The Hall–Kier alpha value is -1.77. The third-order valence-electron chi connectivity index (χ3n) is 3.51. The number of hydrogen-bond donors (Lipinski definition) is 2. The molecule has 3 nitrogen and oxygen atoms in total. The van der Waals surface area contributed by atoms with Crippen LogP contribution in [0.4, 0.5) is 5.69 Å². The van der Waals surface area contributed by atoms with Gasteiger partial charge in [-0.2, -0.15) is 5.10 Å². The van der Waals surface area contributed by atoms with E-state index in [-0.39, 0.29) is 0 Å². The molecule has 0 saturated carbocycles. The molecule has 0 aliphatic rings. The molecule has 0 bridgehead atoms. The van der Waals surface area contributed by atoms with E-state index in [1.165, 1.54) is 22.3 Å². The summed E-state index contributed by atoms with van der Waals surface area (Å²) < 4.78 is 0. The Morgan fingerprint density at radius 1 is 1.06 bits per heavy atom. The van der Waals surface area contributed by atoms with Crippen LogP contribution in [0.15, 0.2) is 12.1 Å². The van der Waals surface area contributed by atoms with E-state index >= 15 is 0 Å². The minimum absolute atomic E-state index is 1.01. The number of nitrogens with zero attached hydrogens (tertiary/aromatic N) is 1. The zero-order valence-corrected chi connectivity index (χ0v) is 11.1. The van der Waals surface area contributed by atoms with E-state index < -0.39 is 0 Å². The normalized spacial score (nSPS) is 10.6. The highest BCUT2D eigenvalue weighted by molar-refractivity contribution is 5.78. The van der Waals surface area contributed by atoms with Crippen molar-refractivity contribution in [1.29, 1.82) is 0 Å². The molecule has 3 heteroatoms. The van der Waals surface area contributed by atoms with Crippen molar-refractivity contribution in [1.82, 2.24) is 10.2 Å². The molecular formula is C14H19N3. The van der Waals surface area contributed by atoms with Gasteiger partial charge in [0, 0.05) is 12.6 Å². The summed E-state index contributed by atoms with van der Waals surface area (Å²) in [6.07, 6.45) is 0. The van der Waals surface area contributed by atoms with Gasteiger partial charge in [-0.1, -0.05) is 12.1 Å². The first kappa shape index (κ1) is 11.7. The first-order valence-corrected chi connectivity index (χ1v) is 5.86. The second-order valence-corrected chi connectivity index (χ2v) is 4.50. The van der Waals surface area contributed by atoms with Crippen LogP contribution < -0.4 is 5.32 Å². The number of aryl methyl sites for hydroxylation is 2. The number of aromatic nitrogens is 2. The minimum atomic E-state index is 1.01. The molecule has 2 N–H and O–H groups in total. The maximum atomic E-state index is 4.40. The van der Waals surface area contributed by atoms with Crippen molar-refractivity contribution in [3.63, 3.8) is 0 Å². The van der Waals surface area contributed by atoms with E-state index in [0.717, 1.165) is 17.1 Å². The van der Waals surface area contributed by atoms with E-state index in [4.69, 9.17) is 0 Å². The van der Waals surface area contributed by atoms with Gasteiger partial charge in [-0.15, -0.1) is 0 Å². The summed E-state index contributed by atoms with van der Waals surface area (Å²) in [7, 11) is 1.93. The summed E-state index contributed by atoms with van der Waals surface area (Å²) in [4.78, 5) is 0. The molecule has 1 aromatic heterocycles. The number of nitrogens with one attached hydrogen (secondary N) is 2. The van der Waals surface area contributed by atoms with Crippen molar-refractivity contribution < 1.29 is 0 Å². The number of anilines is 1. The van der Waals surface area contributed by atoms with Crippen molar-refractivity contribution in [2.75, 3.05) is 12.4 Å². The average molecular weight is 229 g/mol. The molecule has 2 rings (SSSR count). The Morgan fingerprint density at radius 3 is 2.41 bits per heavy atom. The van der Waals surface area contributed by atoms with E-state index in [9.17, 15) is 0 Å². The Morgan fingerprint density at radius 2 is 1.76 bits per heavy atom. The maximum absolute atomic E-state index is 4.40. The second kappa shape index (κ2) is 4.24. The van der Waals surface area contributed by atoms with Crippen molar-refractivity contribution in [3.05, 3.63) is 34.5 Å². The van der Waals surface area contributed by atoms with E-state index in [2.05, 4.69) is 48.4 Å². The molecular weight excluding hydrogens is 210 g/mol.